The van der Waals surface area contributed by atoms with Crippen molar-refractivity contribution in [1.29, 1.82) is 0 Å². The average molecular weight is 226 g/mol. The van der Waals surface area contributed by atoms with Gasteiger partial charge in [-0.2, -0.15) is 0 Å². The quantitative estimate of drug-likeness (QED) is 0.774. The van der Waals surface area contributed by atoms with Crippen LogP contribution in [-0.4, -0.2) is 43.3 Å². The fourth-order valence-corrected chi connectivity index (χ4v) is 3.05. The van der Waals surface area contributed by atoms with Crippen molar-refractivity contribution >= 4 is 0 Å². The predicted molar refractivity (Wildman–Crippen MR) is 66.4 cm³/mol. The monoisotopic (exact) mass is 226 g/mol. The highest BCUT2D eigenvalue weighted by Crippen LogP contribution is 2.31. The number of piperidine rings is 1. The number of hydrogen-bond acceptors (Lipinski definition) is 3. The van der Waals surface area contributed by atoms with E-state index in [4.69, 9.17) is 10.5 Å². The summed E-state index contributed by atoms with van der Waals surface area (Å²) in [7, 11) is 0. The maximum absolute atomic E-state index is 5.62. The Balaban J connectivity index is 1.63. The Morgan fingerprint density at radius 1 is 1.25 bits per heavy atom. The van der Waals surface area contributed by atoms with Crippen molar-refractivity contribution in [3.05, 3.63) is 0 Å². The van der Waals surface area contributed by atoms with Crippen LogP contribution in [0, 0.1) is 5.92 Å². The molecule has 0 unspecified atom stereocenters. The Hall–Kier alpha value is -0.120. The molecular formula is C13H26N2O. The van der Waals surface area contributed by atoms with E-state index in [2.05, 4.69) is 11.8 Å². The van der Waals surface area contributed by atoms with Gasteiger partial charge in [0.1, 0.15) is 0 Å². The highest BCUT2D eigenvalue weighted by Gasteiger charge is 2.35. The first kappa shape index (κ1) is 12.3. The summed E-state index contributed by atoms with van der Waals surface area (Å²) < 4.78 is 5.62. The van der Waals surface area contributed by atoms with Crippen LogP contribution in [0.1, 0.15) is 39.0 Å². The summed E-state index contributed by atoms with van der Waals surface area (Å²) in [6, 6.07) is 0.815. The van der Waals surface area contributed by atoms with Gasteiger partial charge < -0.3 is 15.4 Å². The van der Waals surface area contributed by atoms with E-state index in [1.807, 2.05) is 0 Å². The lowest BCUT2D eigenvalue weighted by molar-refractivity contribution is -0.0536. The molecule has 3 heteroatoms. The van der Waals surface area contributed by atoms with E-state index < -0.39 is 0 Å². The number of nitrogens with zero attached hydrogens (tertiary/aromatic N) is 1. The molecule has 2 fully saturated rings. The fourth-order valence-electron chi connectivity index (χ4n) is 3.05. The molecule has 2 rings (SSSR count). The Kier molecular flexibility index (Phi) is 4.62. The summed E-state index contributed by atoms with van der Waals surface area (Å²) >= 11 is 0. The van der Waals surface area contributed by atoms with Crippen molar-refractivity contribution in [2.45, 2.75) is 51.2 Å². The minimum atomic E-state index is 0.553. The van der Waals surface area contributed by atoms with Crippen LogP contribution in [0.3, 0.4) is 0 Å². The zero-order valence-electron chi connectivity index (χ0n) is 10.5. The zero-order valence-corrected chi connectivity index (χ0v) is 10.5. The zero-order chi connectivity index (χ0) is 11.4. The molecule has 16 heavy (non-hydrogen) atoms. The second kappa shape index (κ2) is 5.99. The van der Waals surface area contributed by atoms with Crippen molar-refractivity contribution < 1.29 is 4.74 Å². The standard InChI is InChI=1S/C13H26N2O/c1-2-16-13-9-12(10-13)15-7-4-11(3-6-14)5-8-15/h11-13H,2-10,14H2,1H3. The molecule has 94 valence electrons. The first-order chi connectivity index (χ1) is 7.83. The van der Waals surface area contributed by atoms with Crippen LogP contribution in [0.25, 0.3) is 0 Å². The van der Waals surface area contributed by atoms with Crippen LogP contribution in [0.2, 0.25) is 0 Å². The Labute approximate surface area is 99.3 Å². The van der Waals surface area contributed by atoms with Gasteiger partial charge in [-0.15, -0.1) is 0 Å². The second-order valence-corrected chi connectivity index (χ2v) is 5.26. The van der Waals surface area contributed by atoms with Gasteiger partial charge in [0.2, 0.25) is 0 Å². The summed E-state index contributed by atoms with van der Waals surface area (Å²) in [6.45, 7) is 6.39. The van der Waals surface area contributed by atoms with E-state index in [-0.39, 0.29) is 0 Å². The summed E-state index contributed by atoms with van der Waals surface area (Å²) in [5.41, 5.74) is 5.61. The van der Waals surface area contributed by atoms with Crippen LogP contribution in [-0.2, 0) is 4.74 Å². The van der Waals surface area contributed by atoms with E-state index in [9.17, 15) is 0 Å². The molecule has 1 saturated carbocycles. The van der Waals surface area contributed by atoms with Crippen molar-refractivity contribution in [2.24, 2.45) is 11.7 Å². The minimum Gasteiger partial charge on any atom is -0.378 e. The van der Waals surface area contributed by atoms with Gasteiger partial charge in [-0.25, -0.2) is 0 Å². The highest BCUT2D eigenvalue weighted by molar-refractivity contribution is 4.90. The van der Waals surface area contributed by atoms with E-state index >= 15 is 0 Å². The Morgan fingerprint density at radius 3 is 2.50 bits per heavy atom. The third-order valence-corrected chi connectivity index (χ3v) is 4.21. The molecule has 0 aromatic heterocycles. The summed E-state index contributed by atoms with van der Waals surface area (Å²) in [4.78, 5) is 2.67. The molecule has 3 nitrogen and oxygen atoms in total. The molecule has 0 aromatic rings. The molecule has 0 amide bonds. The lowest BCUT2D eigenvalue weighted by Gasteiger charge is -2.45. The lowest BCUT2D eigenvalue weighted by atomic mass is 9.84. The van der Waals surface area contributed by atoms with Gasteiger partial charge in [0.05, 0.1) is 6.10 Å². The molecular weight excluding hydrogens is 200 g/mol. The molecule has 2 N–H and O–H groups in total. The van der Waals surface area contributed by atoms with Crippen molar-refractivity contribution in [3.63, 3.8) is 0 Å². The number of rotatable bonds is 5. The summed E-state index contributed by atoms with van der Waals surface area (Å²) in [6.07, 6.45) is 7.00. The molecule has 0 aromatic carbocycles. The van der Waals surface area contributed by atoms with Gasteiger partial charge in [0.15, 0.2) is 0 Å². The predicted octanol–water partition coefficient (Wildman–Crippen LogP) is 1.61. The lowest BCUT2D eigenvalue weighted by Crippen LogP contribution is -2.50. The summed E-state index contributed by atoms with van der Waals surface area (Å²) in [5, 5.41) is 0. The average Bonchev–Trinajstić information content (AvgIpc) is 2.25. The topological polar surface area (TPSA) is 38.5 Å². The normalized spacial score (nSPS) is 32.6. The van der Waals surface area contributed by atoms with Crippen molar-refractivity contribution in [1.82, 2.24) is 4.90 Å². The van der Waals surface area contributed by atoms with E-state index in [0.717, 1.165) is 25.1 Å². The SMILES string of the molecule is CCOC1CC(N2CCC(CCN)CC2)C1. The van der Waals surface area contributed by atoms with Gasteiger partial charge in [0, 0.05) is 12.6 Å². The maximum atomic E-state index is 5.62. The van der Waals surface area contributed by atoms with Gasteiger partial charge in [0.25, 0.3) is 0 Å². The van der Waals surface area contributed by atoms with Crippen LogP contribution in [0.15, 0.2) is 0 Å². The number of likely N-dealkylation sites (tertiary alicyclic amines) is 1. The summed E-state index contributed by atoms with van der Waals surface area (Å²) in [5.74, 6) is 0.893. The molecule has 0 bridgehead atoms. The number of ether oxygens (including phenoxy) is 1. The molecule has 1 heterocycles. The molecule has 0 radical (unpaired) electrons. The third-order valence-electron chi connectivity index (χ3n) is 4.21. The minimum absolute atomic E-state index is 0.553. The molecule has 1 aliphatic carbocycles. The van der Waals surface area contributed by atoms with E-state index in [0.29, 0.717) is 6.10 Å². The van der Waals surface area contributed by atoms with Gasteiger partial charge >= 0.3 is 0 Å². The van der Waals surface area contributed by atoms with E-state index in [1.165, 1.54) is 45.2 Å². The van der Waals surface area contributed by atoms with Gasteiger partial charge in [-0.05, 0) is 64.6 Å². The molecule has 1 saturated heterocycles. The van der Waals surface area contributed by atoms with E-state index in [1.54, 1.807) is 0 Å². The van der Waals surface area contributed by atoms with Crippen LogP contribution in [0.5, 0.6) is 0 Å². The largest absolute Gasteiger partial charge is 0.378 e. The van der Waals surface area contributed by atoms with Crippen molar-refractivity contribution in [3.8, 4) is 0 Å². The highest BCUT2D eigenvalue weighted by atomic mass is 16.5. The fraction of sp³-hybridized carbons (Fsp3) is 1.00. The molecule has 0 spiro atoms. The molecule has 0 atom stereocenters. The maximum Gasteiger partial charge on any atom is 0.0604 e. The number of nitrogens with two attached hydrogens (primary N) is 1. The smallest absolute Gasteiger partial charge is 0.0604 e. The third kappa shape index (κ3) is 2.96. The van der Waals surface area contributed by atoms with Gasteiger partial charge in [-0.3, -0.25) is 0 Å². The Morgan fingerprint density at radius 2 is 1.94 bits per heavy atom. The molecule has 1 aliphatic heterocycles. The van der Waals surface area contributed by atoms with Crippen LogP contribution in [0.4, 0.5) is 0 Å². The van der Waals surface area contributed by atoms with Crippen LogP contribution >= 0.6 is 0 Å². The Bertz CT molecular complexity index is 196. The van der Waals surface area contributed by atoms with Gasteiger partial charge in [-0.1, -0.05) is 0 Å². The number of hydrogen-bond donors (Lipinski definition) is 1. The first-order valence-corrected chi connectivity index (χ1v) is 6.89. The van der Waals surface area contributed by atoms with Crippen LogP contribution < -0.4 is 5.73 Å². The van der Waals surface area contributed by atoms with Crippen molar-refractivity contribution in [2.75, 3.05) is 26.2 Å². The first-order valence-electron chi connectivity index (χ1n) is 6.89. The second-order valence-electron chi connectivity index (χ2n) is 5.26. The molecule has 2 aliphatic rings.